The highest BCUT2D eigenvalue weighted by Gasteiger charge is 2.67. The first kappa shape index (κ1) is 8.28. The number of nitrogens with two attached hydrogens (primary N) is 1. The van der Waals surface area contributed by atoms with E-state index in [9.17, 15) is 0 Å². The molecule has 3 aliphatic carbocycles. The van der Waals surface area contributed by atoms with Gasteiger partial charge in [-0.05, 0) is 55.3 Å². The van der Waals surface area contributed by atoms with Crippen molar-refractivity contribution < 1.29 is 0 Å². The lowest BCUT2D eigenvalue weighted by molar-refractivity contribution is 0.0773. The molecule has 2 N–H and O–H groups in total. The van der Waals surface area contributed by atoms with Gasteiger partial charge in [-0.15, -0.1) is 0 Å². The van der Waals surface area contributed by atoms with Crippen molar-refractivity contribution in [3.05, 3.63) is 0 Å². The van der Waals surface area contributed by atoms with E-state index >= 15 is 0 Å². The summed E-state index contributed by atoms with van der Waals surface area (Å²) in [6.07, 6.45) is 7.09. The molecule has 0 spiro atoms. The lowest BCUT2D eigenvalue weighted by atomic mass is 9.62. The maximum Gasteiger partial charge on any atom is 0.0266 e. The maximum atomic E-state index is 6.73. The second-order valence-electron chi connectivity index (χ2n) is 6.00. The van der Waals surface area contributed by atoms with Crippen molar-refractivity contribution in [1.29, 1.82) is 0 Å². The summed E-state index contributed by atoms with van der Waals surface area (Å²) in [6, 6.07) is 0. The minimum atomic E-state index is 0.218. The standard InChI is InChI=1S/C12H21N/c1-8-5-6-11(2)9-3-4-10(7-9)12(8,11)13/h8-10H,3-7,13H2,1-2H3. The van der Waals surface area contributed by atoms with Gasteiger partial charge in [0, 0.05) is 5.54 Å². The summed E-state index contributed by atoms with van der Waals surface area (Å²) in [7, 11) is 0. The zero-order chi connectivity index (χ0) is 9.27. The van der Waals surface area contributed by atoms with Crippen LogP contribution in [0.3, 0.4) is 0 Å². The Kier molecular flexibility index (Phi) is 1.36. The van der Waals surface area contributed by atoms with Crippen molar-refractivity contribution in [2.24, 2.45) is 28.9 Å². The highest BCUT2D eigenvalue weighted by atomic mass is 14.9. The second-order valence-corrected chi connectivity index (χ2v) is 6.00. The van der Waals surface area contributed by atoms with Gasteiger partial charge in [-0.1, -0.05) is 13.8 Å². The Hall–Kier alpha value is -0.0400. The van der Waals surface area contributed by atoms with E-state index in [0.717, 1.165) is 17.8 Å². The van der Waals surface area contributed by atoms with Crippen LogP contribution in [-0.4, -0.2) is 5.54 Å². The lowest BCUT2D eigenvalue weighted by Gasteiger charge is -2.47. The van der Waals surface area contributed by atoms with Crippen LogP contribution in [0.2, 0.25) is 0 Å². The van der Waals surface area contributed by atoms with E-state index < -0.39 is 0 Å². The molecule has 13 heavy (non-hydrogen) atoms. The van der Waals surface area contributed by atoms with Gasteiger partial charge in [0.2, 0.25) is 0 Å². The molecule has 74 valence electrons. The Morgan fingerprint density at radius 2 is 1.85 bits per heavy atom. The zero-order valence-corrected chi connectivity index (χ0v) is 8.84. The SMILES string of the molecule is CC1CCC2(C)C3CCC(C3)C12N. The number of fused-ring (bicyclic) bond motifs is 5. The highest BCUT2D eigenvalue weighted by Crippen LogP contribution is 2.68. The van der Waals surface area contributed by atoms with Gasteiger partial charge < -0.3 is 5.73 Å². The molecular formula is C12H21N. The molecule has 3 aliphatic rings. The Labute approximate surface area is 81.1 Å². The molecule has 2 bridgehead atoms. The zero-order valence-electron chi connectivity index (χ0n) is 8.84. The average molecular weight is 179 g/mol. The van der Waals surface area contributed by atoms with Crippen LogP contribution < -0.4 is 5.73 Å². The predicted molar refractivity (Wildman–Crippen MR) is 54.3 cm³/mol. The number of hydrogen-bond acceptors (Lipinski definition) is 1. The maximum absolute atomic E-state index is 6.73. The van der Waals surface area contributed by atoms with E-state index in [-0.39, 0.29) is 5.54 Å². The molecule has 5 atom stereocenters. The van der Waals surface area contributed by atoms with E-state index in [2.05, 4.69) is 13.8 Å². The third kappa shape index (κ3) is 0.674. The molecule has 3 fully saturated rings. The molecule has 1 nitrogen and oxygen atoms in total. The summed E-state index contributed by atoms with van der Waals surface area (Å²) in [5.74, 6) is 2.60. The highest BCUT2D eigenvalue weighted by molar-refractivity contribution is 5.21. The van der Waals surface area contributed by atoms with Crippen LogP contribution >= 0.6 is 0 Å². The van der Waals surface area contributed by atoms with Gasteiger partial charge in [0.05, 0.1) is 0 Å². The fraction of sp³-hybridized carbons (Fsp3) is 1.00. The summed E-state index contributed by atoms with van der Waals surface area (Å²) in [5.41, 5.74) is 7.45. The van der Waals surface area contributed by atoms with Gasteiger partial charge >= 0.3 is 0 Å². The summed E-state index contributed by atoms with van der Waals surface area (Å²) >= 11 is 0. The number of hydrogen-bond donors (Lipinski definition) is 1. The molecule has 0 heterocycles. The summed E-state index contributed by atoms with van der Waals surface area (Å²) in [6.45, 7) is 4.85. The van der Waals surface area contributed by atoms with Crippen LogP contribution in [0.4, 0.5) is 0 Å². The van der Waals surface area contributed by atoms with E-state index in [1.54, 1.807) is 0 Å². The molecule has 0 aromatic rings. The Morgan fingerprint density at radius 3 is 2.54 bits per heavy atom. The Balaban J connectivity index is 2.09. The minimum Gasteiger partial charge on any atom is -0.324 e. The molecule has 0 aromatic carbocycles. The quantitative estimate of drug-likeness (QED) is 0.607. The fourth-order valence-corrected chi connectivity index (χ4v) is 4.95. The molecule has 3 rings (SSSR count). The molecule has 1 heteroatoms. The molecule has 0 aromatic heterocycles. The van der Waals surface area contributed by atoms with Gasteiger partial charge in [-0.2, -0.15) is 0 Å². The van der Waals surface area contributed by atoms with Crippen molar-refractivity contribution in [2.45, 2.75) is 51.5 Å². The molecule has 0 radical (unpaired) electrons. The molecule has 0 saturated heterocycles. The van der Waals surface area contributed by atoms with Crippen LogP contribution in [0, 0.1) is 23.2 Å². The van der Waals surface area contributed by atoms with E-state index in [4.69, 9.17) is 5.73 Å². The third-order valence-corrected chi connectivity index (χ3v) is 5.91. The first-order chi connectivity index (χ1) is 6.09. The van der Waals surface area contributed by atoms with E-state index in [1.807, 2.05) is 0 Å². The third-order valence-electron chi connectivity index (χ3n) is 5.91. The van der Waals surface area contributed by atoms with Gasteiger partial charge in [0.25, 0.3) is 0 Å². The Morgan fingerprint density at radius 1 is 1.15 bits per heavy atom. The van der Waals surface area contributed by atoms with E-state index in [0.29, 0.717) is 5.41 Å². The second kappa shape index (κ2) is 2.13. The van der Waals surface area contributed by atoms with Crippen molar-refractivity contribution in [2.75, 3.05) is 0 Å². The Bertz CT molecular complexity index is 250. The summed E-state index contributed by atoms with van der Waals surface area (Å²) < 4.78 is 0. The van der Waals surface area contributed by atoms with Crippen LogP contribution in [0.1, 0.15) is 46.0 Å². The van der Waals surface area contributed by atoms with Crippen molar-refractivity contribution in [3.8, 4) is 0 Å². The summed E-state index contributed by atoms with van der Waals surface area (Å²) in [5, 5.41) is 0. The molecule has 3 saturated carbocycles. The molecule has 5 unspecified atom stereocenters. The monoisotopic (exact) mass is 179 g/mol. The van der Waals surface area contributed by atoms with Crippen LogP contribution in [0.5, 0.6) is 0 Å². The predicted octanol–water partition coefficient (Wildman–Crippen LogP) is 2.55. The van der Waals surface area contributed by atoms with Crippen molar-refractivity contribution in [3.63, 3.8) is 0 Å². The van der Waals surface area contributed by atoms with E-state index in [1.165, 1.54) is 32.1 Å². The largest absolute Gasteiger partial charge is 0.324 e. The van der Waals surface area contributed by atoms with Crippen LogP contribution in [-0.2, 0) is 0 Å². The van der Waals surface area contributed by atoms with Gasteiger partial charge in [0.1, 0.15) is 0 Å². The fourth-order valence-electron chi connectivity index (χ4n) is 4.95. The average Bonchev–Trinajstić information content (AvgIpc) is 2.70. The molecule has 0 aliphatic heterocycles. The van der Waals surface area contributed by atoms with Gasteiger partial charge in [-0.3, -0.25) is 0 Å². The van der Waals surface area contributed by atoms with Crippen LogP contribution in [0.15, 0.2) is 0 Å². The van der Waals surface area contributed by atoms with Crippen molar-refractivity contribution in [1.82, 2.24) is 0 Å². The minimum absolute atomic E-state index is 0.218. The van der Waals surface area contributed by atoms with Crippen LogP contribution in [0.25, 0.3) is 0 Å². The first-order valence-corrected chi connectivity index (χ1v) is 5.88. The molecular weight excluding hydrogens is 158 g/mol. The van der Waals surface area contributed by atoms with Gasteiger partial charge in [-0.25, -0.2) is 0 Å². The van der Waals surface area contributed by atoms with Crippen molar-refractivity contribution >= 4 is 0 Å². The lowest BCUT2D eigenvalue weighted by Crippen LogP contribution is -2.57. The normalized spacial score (nSPS) is 64.4. The molecule has 0 amide bonds. The first-order valence-electron chi connectivity index (χ1n) is 5.88. The topological polar surface area (TPSA) is 26.0 Å². The number of rotatable bonds is 0. The smallest absolute Gasteiger partial charge is 0.0266 e. The van der Waals surface area contributed by atoms with Gasteiger partial charge in [0.15, 0.2) is 0 Å². The summed E-state index contributed by atoms with van der Waals surface area (Å²) in [4.78, 5) is 0.